The normalized spacial score (nSPS) is 11.9. The van der Waals surface area contributed by atoms with E-state index in [1.165, 1.54) is 64.0 Å². The van der Waals surface area contributed by atoms with Crippen LogP contribution in [0.25, 0.3) is 97.5 Å². The molecule has 0 fully saturated rings. The molecule has 4 aromatic heterocycles. The number of nitrogens with zero attached hydrogens (tertiary/aromatic N) is 3. The highest BCUT2D eigenvalue weighted by atomic mass is 32.1. The zero-order valence-corrected chi connectivity index (χ0v) is 28.3. The summed E-state index contributed by atoms with van der Waals surface area (Å²) in [5.41, 5.74) is 10.6. The predicted molar refractivity (Wildman–Crippen MR) is 217 cm³/mol. The molecule has 0 bridgehead atoms. The molecule has 11 aromatic rings. The molecular formula is C47H29N3S. The van der Waals surface area contributed by atoms with Gasteiger partial charge in [-0.05, 0) is 70.8 Å². The summed E-state index contributed by atoms with van der Waals surface area (Å²) in [4.78, 5) is 5.14. The van der Waals surface area contributed by atoms with Gasteiger partial charge >= 0.3 is 0 Å². The lowest BCUT2D eigenvalue weighted by atomic mass is 9.97. The van der Waals surface area contributed by atoms with Crippen molar-refractivity contribution in [3.63, 3.8) is 0 Å². The van der Waals surface area contributed by atoms with E-state index in [9.17, 15) is 0 Å². The van der Waals surface area contributed by atoms with Crippen molar-refractivity contribution in [3.8, 4) is 33.8 Å². The van der Waals surface area contributed by atoms with Crippen molar-refractivity contribution in [1.82, 2.24) is 14.1 Å². The third-order valence-electron chi connectivity index (χ3n) is 10.4. The summed E-state index contributed by atoms with van der Waals surface area (Å²) in [6, 6.07) is 61.5. The Kier molecular flexibility index (Phi) is 6.12. The van der Waals surface area contributed by atoms with E-state index in [1.54, 1.807) is 0 Å². The van der Waals surface area contributed by atoms with E-state index in [0.717, 1.165) is 33.6 Å². The van der Waals surface area contributed by atoms with Crippen LogP contribution >= 0.6 is 11.3 Å². The third kappa shape index (κ3) is 4.27. The van der Waals surface area contributed by atoms with Crippen LogP contribution in [0.15, 0.2) is 176 Å². The van der Waals surface area contributed by atoms with Gasteiger partial charge in [0, 0.05) is 47.4 Å². The number of hydrogen-bond acceptors (Lipinski definition) is 2. The Morgan fingerprint density at radius 3 is 1.73 bits per heavy atom. The number of rotatable bonds is 4. The lowest BCUT2D eigenvalue weighted by molar-refractivity contribution is 1.08. The van der Waals surface area contributed by atoms with Gasteiger partial charge in [0.25, 0.3) is 0 Å². The first kappa shape index (κ1) is 28.4. The highest BCUT2D eigenvalue weighted by molar-refractivity contribution is 7.26. The second-order valence-electron chi connectivity index (χ2n) is 13.2. The highest BCUT2D eigenvalue weighted by Crippen LogP contribution is 2.41. The average molecular weight is 668 g/mol. The van der Waals surface area contributed by atoms with Gasteiger partial charge in [0.2, 0.25) is 0 Å². The Labute approximate surface area is 297 Å². The first-order valence-corrected chi connectivity index (χ1v) is 18.1. The molecule has 0 radical (unpaired) electrons. The Morgan fingerprint density at radius 1 is 0.392 bits per heavy atom. The van der Waals surface area contributed by atoms with Gasteiger partial charge in [0.15, 0.2) is 0 Å². The Hall–Kier alpha value is -6.49. The highest BCUT2D eigenvalue weighted by Gasteiger charge is 2.18. The maximum absolute atomic E-state index is 5.14. The van der Waals surface area contributed by atoms with E-state index >= 15 is 0 Å². The van der Waals surface area contributed by atoms with Crippen molar-refractivity contribution in [2.75, 3.05) is 0 Å². The SMILES string of the molecule is c1cc(-c2cccc(-n3c4ccccc4c4cc(-n5c6ccccc6c6ccccc65)ncc43)c2)cc(-c2cccc3c2sc2ccccc23)c1. The molecule has 0 unspecified atom stereocenters. The van der Waals surface area contributed by atoms with E-state index in [-0.39, 0.29) is 0 Å². The van der Waals surface area contributed by atoms with Gasteiger partial charge in [0.1, 0.15) is 5.82 Å². The molecule has 0 aliphatic rings. The molecule has 4 heteroatoms. The molecule has 0 N–H and O–H groups in total. The fraction of sp³-hybridized carbons (Fsp3) is 0. The molecule has 0 saturated carbocycles. The Balaban J connectivity index is 1.06. The molecule has 0 spiro atoms. The summed E-state index contributed by atoms with van der Waals surface area (Å²) in [5.74, 6) is 0.919. The van der Waals surface area contributed by atoms with Crippen LogP contribution < -0.4 is 0 Å². The summed E-state index contributed by atoms with van der Waals surface area (Å²) >= 11 is 1.88. The van der Waals surface area contributed by atoms with Crippen LogP contribution in [0.4, 0.5) is 0 Å². The van der Waals surface area contributed by atoms with Gasteiger partial charge in [-0.15, -0.1) is 11.3 Å². The third-order valence-corrected chi connectivity index (χ3v) is 11.6. The fourth-order valence-corrected chi connectivity index (χ4v) is 9.33. The maximum atomic E-state index is 5.14. The first-order valence-electron chi connectivity index (χ1n) is 17.3. The second-order valence-corrected chi connectivity index (χ2v) is 14.2. The Morgan fingerprint density at radius 2 is 0.961 bits per heavy atom. The van der Waals surface area contributed by atoms with Crippen LogP contribution in [0.1, 0.15) is 0 Å². The smallest absolute Gasteiger partial charge is 0.138 e. The molecule has 238 valence electrons. The van der Waals surface area contributed by atoms with Gasteiger partial charge in [-0.1, -0.05) is 121 Å². The second kappa shape index (κ2) is 11.0. The van der Waals surface area contributed by atoms with E-state index < -0.39 is 0 Å². The lowest BCUT2D eigenvalue weighted by Crippen LogP contribution is -1.98. The number of para-hydroxylation sites is 3. The fourth-order valence-electron chi connectivity index (χ4n) is 8.09. The Bertz CT molecular complexity index is 3100. The van der Waals surface area contributed by atoms with Gasteiger partial charge in [0.05, 0.1) is 28.3 Å². The van der Waals surface area contributed by atoms with Crippen LogP contribution in [-0.2, 0) is 0 Å². The lowest BCUT2D eigenvalue weighted by Gasteiger charge is -2.12. The van der Waals surface area contributed by atoms with Gasteiger partial charge < -0.3 is 4.57 Å². The standard InChI is InChI=1S/C47H29N3S/c1-6-23-42-35(16-1)36-17-2-7-24-43(36)50(42)46-28-40-37-18-3-5-22-41(37)49(44(40)29-48-46)33-15-10-13-31(27-33)30-12-9-14-32(26-30)34-20-11-21-39-38-19-4-8-25-45(38)51-47(34)39/h1-29H. The molecule has 4 heterocycles. The molecule has 11 rings (SSSR count). The van der Waals surface area contributed by atoms with Crippen molar-refractivity contribution in [2.45, 2.75) is 0 Å². The first-order chi connectivity index (χ1) is 25.3. The minimum atomic E-state index is 0.919. The molecular weight excluding hydrogens is 639 g/mol. The summed E-state index contributed by atoms with van der Waals surface area (Å²) in [6.45, 7) is 0. The van der Waals surface area contributed by atoms with Gasteiger partial charge in [-0.3, -0.25) is 4.57 Å². The molecule has 0 saturated heterocycles. The molecule has 7 aromatic carbocycles. The number of benzene rings is 7. The van der Waals surface area contributed by atoms with Crippen LogP contribution in [0.2, 0.25) is 0 Å². The quantitative estimate of drug-likeness (QED) is 0.183. The summed E-state index contributed by atoms with van der Waals surface area (Å²) < 4.78 is 7.32. The van der Waals surface area contributed by atoms with E-state index in [2.05, 4.69) is 179 Å². The van der Waals surface area contributed by atoms with Crippen molar-refractivity contribution in [1.29, 1.82) is 0 Å². The summed E-state index contributed by atoms with van der Waals surface area (Å²) in [7, 11) is 0. The van der Waals surface area contributed by atoms with Crippen molar-refractivity contribution < 1.29 is 0 Å². The summed E-state index contributed by atoms with van der Waals surface area (Å²) in [6.07, 6.45) is 2.05. The maximum Gasteiger partial charge on any atom is 0.138 e. The number of pyridine rings is 1. The largest absolute Gasteiger partial charge is 0.308 e. The van der Waals surface area contributed by atoms with Crippen molar-refractivity contribution in [3.05, 3.63) is 176 Å². The number of fused-ring (bicyclic) bond motifs is 9. The molecule has 3 nitrogen and oxygen atoms in total. The van der Waals surface area contributed by atoms with Crippen molar-refractivity contribution in [2.24, 2.45) is 0 Å². The van der Waals surface area contributed by atoms with Crippen LogP contribution in [0, 0.1) is 0 Å². The zero-order valence-electron chi connectivity index (χ0n) is 27.5. The minimum absolute atomic E-state index is 0.919. The van der Waals surface area contributed by atoms with Crippen LogP contribution in [0.5, 0.6) is 0 Å². The average Bonchev–Trinajstić information content (AvgIpc) is 3.86. The van der Waals surface area contributed by atoms with E-state index in [1.807, 2.05) is 17.5 Å². The van der Waals surface area contributed by atoms with E-state index in [4.69, 9.17) is 4.98 Å². The van der Waals surface area contributed by atoms with Crippen molar-refractivity contribution >= 4 is 75.1 Å². The summed E-state index contributed by atoms with van der Waals surface area (Å²) in [5, 5.41) is 7.51. The van der Waals surface area contributed by atoms with E-state index in [0.29, 0.717) is 0 Å². The van der Waals surface area contributed by atoms with Crippen LogP contribution in [0.3, 0.4) is 0 Å². The predicted octanol–water partition coefficient (Wildman–Crippen LogP) is 13.0. The molecule has 0 aliphatic carbocycles. The molecule has 51 heavy (non-hydrogen) atoms. The molecule has 0 amide bonds. The molecule has 0 aliphatic heterocycles. The van der Waals surface area contributed by atoms with Gasteiger partial charge in [-0.25, -0.2) is 4.98 Å². The zero-order chi connectivity index (χ0) is 33.5. The monoisotopic (exact) mass is 667 g/mol. The topological polar surface area (TPSA) is 22.8 Å². The van der Waals surface area contributed by atoms with Gasteiger partial charge in [-0.2, -0.15) is 0 Å². The number of thiophene rings is 1. The molecule has 0 atom stereocenters. The number of hydrogen-bond donors (Lipinski definition) is 0. The minimum Gasteiger partial charge on any atom is -0.308 e. The van der Waals surface area contributed by atoms with Crippen LogP contribution in [-0.4, -0.2) is 14.1 Å². The number of aromatic nitrogens is 3.